The monoisotopic (exact) mass is 206 g/mol. The van der Waals surface area contributed by atoms with Gasteiger partial charge in [0.2, 0.25) is 0 Å². The predicted molar refractivity (Wildman–Crippen MR) is 43.0 cm³/mol. The van der Waals surface area contributed by atoms with E-state index in [9.17, 15) is 18.0 Å². The summed E-state index contributed by atoms with van der Waals surface area (Å²) in [7, 11) is 0. The van der Waals surface area contributed by atoms with Crippen molar-refractivity contribution in [2.24, 2.45) is 0 Å². The topological polar surface area (TPSA) is 26.9 Å². The first-order valence-electron chi connectivity index (χ1n) is 4.31. The van der Waals surface area contributed by atoms with Crippen molar-refractivity contribution in [3.8, 4) is 0 Å². The molecule has 1 saturated carbocycles. The third-order valence-electron chi connectivity index (χ3n) is 2.16. The van der Waals surface area contributed by atoms with E-state index in [0.29, 0.717) is 4.57 Å². The predicted octanol–water partition coefficient (Wildman–Crippen LogP) is 1.55. The summed E-state index contributed by atoms with van der Waals surface area (Å²) in [6, 6.07) is 0.122. The number of hydrogen-bond acceptors (Lipinski definition) is 1. The third-order valence-corrected chi connectivity index (χ3v) is 2.16. The van der Waals surface area contributed by atoms with Gasteiger partial charge in [0.25, 0.3) is 0 Å². The van der Waals surface area contributed by atoms with Crippen LogP contribution < -0.4 is 5.69 Å². The third kappa shape index (κ3) is 1.83. The Morgan fingerprint density at radius 3 is 2.50 bits per heavy atom. The van der Waals surface area contributed by atoms with E-state index in [1.807, 2.05) is 0 Å². The lowest BCUT2D eigenvalue weighted by molar-refractivity contribution is -0.141. The number of nitrogens with zero attached hydrogens (tertiary/aromatic N) is 2. The molecule has 0 saturated heterocycles. The second kappa shape index (κ2) is 2.90. The molecule has 0 aromatic carbocycles. The fraction of sp³-hybridized carbons (Fsp3) is 0.625. The van der Waals surface area contributed by atoms with Gasteiger partial charge < -0.3 is 0 Å². The van der Waals surface area contributed by atoms with Crippen molar-refractivity contribution >= 4 is 0 Å². The van der Waals surface area contributed by atoms with Crippen molar-refractivity contribution in [2.45, 2.75) is 31.6 Å². The van der Waals surface area contributed by atoms with E-state index >= 15 is 0 Å². The molecule has 0 spiro atoms. The normalized spacial score (nSPS) is 17.4. The molecule has 1 heterocycles. The van der Waals surface area contributed by atoms with E-state index in [4.69, 9.17) is 0 Å². The van der Waals surface area contributed by atoms with Crippen LogP contribution >= 0.6 is 0 Å². The average molecular weight is 206 g/mol. The summed E-state index contributed by atoms with van der Waals surface area (Å²) in [6.07, 6.45) is 0.0469. The zero-order chi connectivity index (χ0) is 10.3. The average Bonchev–Trinajstić information content (AvgIpc) is 2.79. The number of rotatable bonds is 2. The molecule has 0 N–H and O–H groups in total. The van der Waals surface area contributed by atoms with Gasteiger partial charge in [-0.3, -0.25) is 9.13 Å². The van der Waals surface area contributed by atoms with Crippen LogP contribution in [0.2, 0.25) is 0 Å². The minimum atomic E-state index is -4.33. The van der Waals surface area contributed by atoms with Gasteiger partial charge in [0.1, 0.15) is 6.54 Å². The van der Waals surface area contributed by atoms with Crippen molar-refractivity contribution in [1.82, 2.24) is 9.13 Å². The van der Waals surface area contributed by atoms with Crippen LogP contribution in [0.4, 0.5) is 13.2 Å². The Kier molecular flexibility index (Phi) is 1.94. The molecule has 1 aromatic heterocycles. The summed E-state index contributed by atoms with van der Waals surface area (Å²) in [6.45, 7) is -1.20. The molecule has 0 amide bonds. The highest BCUT2D eigenvalue weighted by Crippen LogP contribution is 2.33. The Balaban J connectivity index is 2.23. The summed E-state index contributed by atoms with van der Waals surface area (Å²) >= 11 is 0. The van der Waals surface area contributed by atoms with E-state index in [1.54, 1.807) is 0 Å². The highest BCUT2D eigenvalue weighted by molar-refractivity contribution is 4.91. The molecule has 0 atom stereocenters. The van der Waals surface area contributed by atoms with Crippen LogP contribution in [0.15, 0.2) is 17.2 Å². The first-order chi connectivity index (χ1) is 6.47. The SMILES string of the molecule is O=c1n(CC(F)(F)F)ccn1C1CC1. The maximum absolute atomic E-state index is 12.0. The summed E-state index contributed by atoms with van der Waals surface area (Å²) in [4.78, 5) is 11.4. The molecule has 1 aliphatic rings. The number of aromatic nitrogens is 2. The lowest BCUT2D eigenvalue weighted by atomic mass is 10.6. The van der Waals surface area contributed by atoms with E-state index in [-0.39, 0.29) is 6.04 Å². The first-order valence-corrected chi connectivity index (χ1v) is 4.31. The molecule has 6 heteroatoms. The van der Waals surface area contributed by atoms with Crippen LogP contribution in [0.5, 0.6) is 0 Å². The molecule has 1 aromatic rings. The quantitative estimate of drug-likeness (QED) is 0.721. The number of hydrogen-bond donors (Lipinski definition) is 0. The molecular weight excluding hydrogens is 197 g/mol. The lowest BCUT2D eigenvalue weighted by Gasteiger charge is -2.05. The molecule has 1 fully saturated rings. The van der Waals surface area contributed by atoms with Gasteiger partial charge >= 0.3 is 11.9 Å². The molecule has 0 bridgehead atoms. The largest absolute Gasteiger partial charge is 0.406 e. The van der Waals surface area contributed by atoms with Crippen LogP contribution in [-0.4, -0.2) is 15.3 Å². The molecule has 0 aliphatic heterocycles. The van der Waals surface area contributed by atoms with Crippen LogP contribution in [0.3, 0.4) is 0 Å². The lowest BCUT2D eigenvalue weighted by Crippen LogP contribution is -2.29. The maximum atomic E-state index is 12.0. The van der Waals surface area contributed by atoms with E-state index in [2.05, 4.69) is 0 Å². The minimum absolute atomic E-state index is 0.122. The van der Waals surface area contributed by atoms with Crippen LogP contribution in [0.1, 0.15) is 18.9 Å². The van der Waals surface area contributed by atoms with Crippen molar-refractivity contribution in [3.05, 3.63) is 22.9 Å². The zero-order valence-corrected chi connectivity index (χ0v) is 7.29. The summed E-state index contributed by atoms with van der Waals surface area (Å²) < 4.78 is 38.0. The van der Waals surface area contributed by atoms with Gasteiger partial charge in [0, 0.05) is 18.4 Å². The van der Waals surface area contributed by atoms with Gasteiger partial charge in [-0.2, -0.15) is 13.2 Å². The number of halogens is 3. The van der Waals surface area contributed by atoms with Crippen LogP contribution in [0.25, 0.3) is 0 Å². The summed E-state index contributed by atoms with van der Waals surface area (Å²) in [5.41, 5.74) is -0.565. The smallest absolute Gasteiger partial charge is 0.296 e. The molecular formula is C8H9F3N2O. The molecule has 2 rings (SSSR count). The fourth-order valence-corrected chi connectivity index (χ4v) is 1.37. The Hall–Kier alpha value is -1.20. The maximum Gasteiger partial charge on any atom is 0.406 e. The van der Waals surface area contributed by atoms with Crippen molar-refractivity contribution in [3.63, 3.8) is 0 Å². The van der Waals surface area contributed by atoms with E-state index in [0.717, 1.165) is 12.8 Å². The van der Waals surface area contributed by atoms with Crippen molar-refractivity contribution < 1.29 is 13.2 Å². The fourth-order valence-electron chi connectivity index (χ4n) is 1.37. The number of imidazole rings is 1. The van der Waals surface area contributed by atoms with Crippen LogP contribution in [-0.2, 0) is 6.54 Å². The Morgan fingerprint density at radius 2 is 2.00 bits per heavy atom. The number of alkyl halides is 3. The van der Waals surface area contributed by atoms with Gasteiger partial charge in [-0.25, -0.2) is 4.79 Å². The Morgan fingerprint density at radius 1 is 1.36 bits per heavy atom. The first kappa shape index (κ1) is 9.36. The van der Waals surface area contributed by atoms with Gasteiger partial charge in [-0.1, -0.05) is 0 Å². The molecule has 0 radical (unpaired) electrons. The second-order valence-electron chi connectivity index (χ2n) is 3.46. The van der Waals surface area contributed by atoms with Crippen molar-refractivity contribution in [2.75, 3.05) is 0 Å². The van der Waals surface area contributed by atoms with E-state index in [1.165, 1.54) is 17.0 Å². The summed E-state index contributed by atoms with van der Waals surface area (Å²) in [5.74, 6) is 0. The standard InChI is InChI=1S/C8H9F3N2O/c9-8(10,11)5-12-3-4-13(7(12)14)6-1-2-6/h3-4,6H,1-2,5H2. The van der Waals surface area contributed by atoms with Crippen molar-refractivity contribution in [1.29, 1.82) is 0 Å². The van der Waals surface area contributed by atoms with Gasteiger partial charge in [-0.05, 0) is 12.8 Å². The van der Waals surface area contributed by atoms with Gasteiger partial charge in [0.15, 0.2) is 0 Å². The van der Waals surface area contributed by atoms with Gasteiger partial charge in [0.05, 0.1) is 0 Å². The Labute approximate surface area is 77.8 Å². The molecule has 1 aliphatic carbocycles. The molecule has 0 unspecified atom stereocenters. The highest BCUT2D eigenvalue weighted by Gasteiger charge is 2.31. The Bertz CT molecular complexity index is 386. The minimum Gasteiger partial charge on any atom is -0.296 e. The van der Waals surface area contributed by atoms with Crippen LogP contribution in [0, 0.1) is 0 Å². The summed E-state index contributed by atoms with van der Waals surface area (Å²) in [5, 5.41) is 0. The molecule has 3 nitrogen and oxygen atoms in total. The second-order valence-corrected chi connectivity index (χ2v) is 3.46. The molecule has 78 valence electrons. The molecule has 14 heavy (non-hydrogen) atoms. The van der Waals surface area contributed by atoms with Gasteiger partial charge in [-0.15, -0.1) is 0 Å². The van der Waals surface area contributed by atoms with E-state index < -0.39 is 18.4 Å². The highest BCUT2D eigenvalue weighted by atomic mass is 19.4. The zero-order valence-electron chi connectivity index (χ0n) is 7.29.